The summed E-state index contributed by atoms with van der Waals surface area (Å²) in [5, 5.41) is 14.8. The maximum atomic E-state index is 12.2. The molecule has 0 aliphatic heterocycles. The number of nitro groups is 1. The molecule has 0 spiro atoms. The zero-order valence-corrected chi connectivity index (χ0v) is 17.5. The zero-order chi connectivity index (χ0) is 23.6. The Balaban J connectivity index is 1.57. The summed E-state index contributed by atoms with van der Waals surface area (Å²) < 4.78 is 15.8. The summed E-state index contributed by atoms with van der Waals surface area (Å²) in [6, 6.07) is 19.0. The first-order valence-corrected chi connectivity index (χ1v) is 9.61. The third-order valence-electron chi connectivity index (χ3n) is 4.22. The third kappa shape index (κ3) is 6.37. The van der Waals surface area contributed by atoms with E-state index in [1.54, 1.807) is 54.6 Å². The quantitative estimate of drug-likeness (QED) is 0.174. The van der Waals surface area contributed by atoms with Crippen molar-refractivity contribution >= 4 is 23.8 Å². The Morgan fingerprint density at radius 1 is 1.00 bits per heavy atom. The van der Waals surface area contributed by atoms with Crippen LogP contribution in [-0.4, -0.2) is 36.7 Å². The lowest BCUT2D eigenvalue weighted by atomic mass is 10.2. The van der Waals surface area contributed by atoms with Crippen LogP contribution in [0.5, 0.6) is 17.2 Å². The molecule has 33 heavy (non-hydrogen) atoms. The van der Waals surface area contributed by atoms with Crippen LogP contribution in [0.1, 0.15) is 15.9 Å². The third-order valence-corrected chi connectivity index (χ3v) is 4.22. The van der Waals surface area contributed by atoms with Crippen molar-refractivity contribution in [3.05, 3.63) is 94.0 Å². The van der Waals surface area contributed by atoms with Gasteiger partial charge in [-0.1, -0.05) is 30.3 Å². The van der Waals surface area contributed by atoms with Crippen molar-refractivity contribution in [1.82, 2.24) is 5.43 Å². The van der Waals surface area contributed by atoms with Crippen molar-refractivity contribution in [3.63, 3.8) is 0 Å². The number of carbonyl (C=O) groups excluding carboxylic acids is 2. The van der Waals surface area contributed by atoms with Gasteiger partial charge in [0, 0.05) is 6.07 Å². The minimum atomic E-state index is -0.607. The lowest BCUT2D eigenvalue weighted by molar-refractivity contribution is -0.385. The van der Waals surface area contributed by atoms with Crippen LogP contribution in [0.2, 0.25) is 0 Å². The first kappa shape index (κ1) is 22.9. The molecule has 3 rings (SSSR count). The molecule has 0 saturated carbocycles. The Labute approximate surface area is 188 Å². The Hall–Kier alpha value is -4.73. The number of esters is 1. The average molecular weight is 449 g/mol. The molecular weight excluding hydrogens is 430 g/mol. The number of nitro benzene ring substituents is 1. The molecule has 0 bridgehead atoms. The number of hydrazone groups is 1. The summed E-state index contributed by atoms with van der Waals surface area (Å²) >= 11 is 0. The highest BCUT2D eigenvalue weighted by Gasteiger charge is 2.15. The Bertz CT molecular complexity index is 1180. The number of hydrogen-bond donors (Lipinski definition) is 1. The average Bonchev–Trinajstić information content (AvgIpc) is 2.84. The predicted molar refractivity (Wildman–Crippen MR) is 119 cm³/mol. The number of carbonyl (C=O) groups is 2. The van der Waals surface area contributed by atoms with Crippen molar-refractivity contribution in [1.29, 1.82) is 0 Å². The molecule has 10 heteroatoms. The Kier molecular flexibility index (Phi) is 7.68. The van der Waals surface area contributed by atoms with Crippen LogP contribution in [-0.2, 0) is 4.79 Å². The van der Waals surface area contributed by atoms with Crippen LogP contribution in [0.3, 0.4) is 0 Å². The first-order valence-electron chi connectivity index (χ1n) is 9.61. The van der Waals surface area contributed by atoms with E-state index in [9.17, 15) is 19.7 Å². The molecule has 0 aromatic heterocycles. The highest BCUT2D eigenvalue weighted by Crippen LogP contribution is 2.28. The molecule has 3 aromatic carbocycles. The van der Waals surface area contributed by atoms with Crippen LogP contribution in [0.4, 0.5) is 5.69 Å². The topological polar surface area (TPSA) is 129 Å². The number of ether oxygens (including phenoxy) is 3. The van der Waals surface area contributed by atoms with Gasteiger partial charge in [0.15, 0.2) is 23.9 Å². The standard InChI is InChI=1S/C23H19N3O7/c1-31-21-13-16(11-12-20(21)33-23(28)17-7-3-2-4-8-17)14-24-25-22(27)15-32-19-10-6-5-9-18(19)26(29)30/h2-14H,15H2,1H3,(H,25,27). The van der Waals surface area contributed by atoms with Gasteiger partial charge in [0.05, 0.1) is 23.8 Å². The molecule has 0 atom stereocenters. The maximum Gasteiger partial charge on any atom is 0.343 e. The van der Waals surface area contributed by atoms with Crippen LogP contribution in [0.25, 0.3) is 0 Å². The fourth-order valence-corrected chi connectivity index (χ4v) is 2.67. The number of nitrogens with zero attached hydrogens (tertiary/aromatic N) is 2. The lowest BCUT2D eigenvalue weighted by Crippen LogP contribution is -2.24. The van der Waals surface area contributed by atoms with Crippen molar-refractivity contribution in [2.45, 2.75) is 0 Å². The van der Waals surface area contributed by atoms with Crippen LogP contribution in [0.15, 0.2) is 77.9 Å². The summed E-state index contributed by atoms with van der Waals surface area (Å²) in [6.45, 7) is -0.458. The van der Waals surface area contributed by atoms with E-state index in [-0.39, 0.29) is 17.2 Å². The van der Waals surface area contributed by atoms with E-state index in [4.69, 9.17) is 14.2 Å². The smallest absolute Gasteiger partial charge is 0.343 e. The summed E-state index contributed by atoms with van der Waals surface area (Å²) in [4.78, 5) is 34.5. The molecular formula is C23H19N3O7. The van der Waals surface area contributed by atoms with Gasteiger partial charge in [0.2, 0.25) is 0 Å². The Morgan fingerprint density at radius 3 is 2.45 bits per heavy atom. The van der Waals surface area contributed by atoms with Crippen molar-refractivity contribution in [2.75, 3.05) is 13.7 Å². The van der Waals surface area contributed by atoms with Gasteiger partial charge >= 0.3 is 11.7 Å². The van der Waals surface area contributed by atoms with Gasteiger partial charge in [-0.05, 0) is 42.0 Å². The highest BCUT2D eigenvalue weighted by molar-refractivity contribution is 5.91. The summed E-state index contributed by atoms with van der Waals surface area (Å²) in [5.74, 6) is -0.627. The lowest BCUT2D eigenvalue weighted by Gasteiger charge is -2.10. The second kappa shape index (κ2) is 11.0. The van der Waals surface area contributed by atoms with E-state index in [0.717, 1.165) is 0 Å². The van der Waals surface area contributed by atoms with E-state index < -0.39 is 23.4 Å². The van der Waals surface area contributed by atoms with Crippen molar-refractivity contribution in [3.8, 4) is 17.2 Å². The normalized spacial score (nSPS) is 10.5. The molecule has 168 valence electrons. The number of nitrogens with one attached hydrogen (secondary N) is 1. The monoisotopic (exact) mass is 449 g/mol. The minimum Gasteiger partial charge on any atom is -0.493 e. The molecule has 0 aliphatic carbocycles. The van der Waals surface area contributed by atoms with Crippen LogP contribution < -0.4 is 19.6 Å². The van der Waals surface area contributed by atoms with Gasteiger partial charge < -0.3 is 14.2 Å². The SMILES string of the molecule is COc1cc(C=NNC(=O)COc2ccccc2[N+](=O)[O-])ccc1OC(=O)c1ccccc1. The highest BCUT2D eigenvalue weighted by atomic mass is 16.6. The second-order valence-electron chi connectivity index (χ2n) is 6.47. The number of methoxy groups -OCH3 is 1. The van der Waals surface area contributed by atoms with Crippen molar-refractivity contribution < 1.29 is 28.7 Å². The molecule has 0 radical (unpaired) electrons. The molecule has 1 amide bonds. The number of amides is 1. The molecule has 0 fully saturated rings. The molecule has 3 aromatic rings. The van der Waals surface area contributed by atoms with Gasteiger partial charge in [-0.15, -0.1) is 0 Å². The predicted octanol–water partition coefficient (Wildman–Crippen LogP) is 3.35. The van der Waals surface area contributed by atoms with Gasteiger partial charge in [-0.2, -0.15) is 5.10 Å². The Morgan fingerprint density at radius 2 is 1.73 bits per heavy atom. The van der Waals surface area contributed by atoms with E-state index in [0.29, 0.717) is 16.9 Å². The molecule has 0 saturated heterocycles. The van der Waals surface area contributed by atoms with Crippen LogP contribution >= 0.6 is 0 Å². The second-order valence-corrected chi connectivity index (χ2v) is 6.47. The largest absolute Gasteiger partial charge is 0.493 e. The van der Waals surface area contributed by atoms with Gasteiger partial charge in [-0.3, -0.25) is 14.9 Å². The van der Waals surface area contributed by atoms with E-state index in [1.165, 1.54) is 31.5 Å². The summed E-state index contributed by atoms with van der Waals surface area (Å²) in [7, 11) is 1.43. The zero-order valence-electron chi connectivity index (χ0n) is 17.5. The van der Waals surface area contributed by atoms with Gasteiger partial charge in [-0.25, -0.2) is 10.2 Å². The van der Waals surface area contributed by atoms with E-state index in [2.05, 4.69) is 10.5 Å². The summed E-state index contributed by atoms with van der Waals surface area (Å²) in [5.41, 5.74) is 2.98. The van der Waals surface area contributed by atoms with Gasteiger partial charge in [0.25, 0.3) is 5.91 Å². The molecule has 0 aliphatic rings. The van der Waals surface area contributed by atoms with E-state index >= 15 is 0 Å². The minimum absolute atomic E-state index is 0.0213. The maximum absolute atomic E-state index is 12.2. The van der Waals surface area contributed by atoms with E-state index in [1.807, 2.05) is 0 Å². The van der Waals surface area contributed by atoms with Gasteiger partial charge in [0.1, 0.15) is 0 Å². The molecule has 0 heterocycles. The fourth-order valence-electron chi connectivity index (χ4n) is 2.67. The number of benzene rings is 3. The number of hydrogen-bond acceptors (Lipinski definition) is 8. The number of para-hydroxylation sites is 2. The van der Waals surface area contributed by atoms with Crippen LogP contribution in [0, 0.1) is 10.1 Å². The summed E-state index contributed by atoms with van der Waals surface area (Å²) in [6.07, 6.45) is 1.36. The molecule has 10 nitrogen and oxygen atoms in total. The number of rotatable bonds is 9. The van der Waals surface area contributed by atoms with Crippen molar-refractivity contribution in [2.24, 2.45) is 5.10 Å². The fraction of sp³-hybridized carbons (Fsp3) is 0.0870. The first-order chi connectivity index (χ1) is 16.0. The molecule has 1 N–H and O–H groups in total. The molecule has 0 unspecified atom stereocenters.